The fourth-order valence-corrected chi connectivity index (χ4v) is 1.08. The second-order valence-corrected chi connectivity index (χ2v) is 5.08. The van der Waals surface area contributed by atoms with Gasteiger partial charge in [-0.05, 0) is 12.3 Å². The molecule has 2 nitrogen and oxygen atoms in total. The second-order valence-electron chi connectivity index (χ2n) is 3.52. The standard InChI is InChI=1S/C9H18BrNO/c1-7(2)6-9(12)11-5-4-8(3)10/h7-8H,4-6H2,1-3H3,(H,11,12). The van der Waals surface area contributed by atoms with Crippen molar-refractivity contribution < 1.29 is 4.79 Å². The van der Waals surface area contributed by atoms with Crippen molar-refractivity contribution in [3.8, 4) is 0 Å². The first-order valence-corrected chi connectivity index (χ1v) is 5.34. The van der Waals surface area contributed by atoms with E-state index in [1.807, 2.05) is 13.8 Å². The SMILES string of the molecule is CC(C)CC(=O)NCCC(C)Br. The Bertz CT molecular complexity index is 134. The highest BCUT2D eigenvalue weighted by atomic mass is 79.9. The topological polar surface area (TPSA) is 29.1 Å². The largest absolute Gasteiger partial charge is 0.356 e. The number of alkyl halides is 1. The van der Waals surface area contributed by atoms with Crippen LogP contribution in [0.2, 0.25) is 0 Å². The monoisotopic (exact) mass is 235 g/mol. The molecule has 0 aliphatic heterocycles. The van der Waals surface area contributed by atoms with Gasteiger partial charge in [-0.2, -0.15) is 0 Å². The lowest BCUT2D eigenvalue weighted by Gasteiger charge is -2.07. The number of rotatable bonds is 5. The zero-order valence-corrected chi connectivity index (χ0v) is 9.65. The molecule has 0 aromatic heterocycles. The van der Waals surface area contributed by atoms with Crippen molar-refractivity contribution in [2.75, 3.05) is 6.54 Å². The highest BCUT2D eigenvalue weighted by Crippen LogP contribution is 2.02. The predicted octanol–water partition coefficient (Wildman–Crippen LogP) is 2.32. The average molecular weight is 236 g/mol. The zero-order chi connectivity index (χ0) is 9.56. The van der Waals surface area contributed by atoms with E-state index in [1.165, 1.54) is 0 Å². The molecule has 0 aliphatic carbocycles. The Hall–Kier alpha value is -0.0500. The Morgan fingerprint density at radius 3 is 2.42 bits per heavy atom. The highest BCUT2D eigenvalue weighted by Gasteiger charge is 2.03. The Morgan fingerprint density at radius 1 is 1.42 bits per heavy atom. The highest BCUT2D eigenvalue weighted by molar-refractivity contribution is 9.09. The Kier molecular flexibility index (Phi) is 6.44. The third-order valence-electron chi connectivity index (χ3n) is 1.46. The van der Waals surface area contributed by atoms with Crippen LogP contribution in [0.3, 0.4) is 0 Å². The van der Waals surface area contributed by atoms with E-state index in [1.54, 1.807) is 0 Å². The van der Waals surface area contributed by atoms with Gasteiger partial charge in [0, 0.05) is 17.8 Å². The van der Waals surface area contributed by atoms with Crippen molar-refractivity contribution in [2.45, 2.75) is 38.4 Å². The summed E-state index contributed by atoms with van der Waals surface area (Å²) in [6.07, 6.45) is 1.63. The van der Waals surface area contributed by atoms with E-state index in [-0.39, 0.29) is 5.91 Å². The van der Waals surface area contributed by atoms with E-state index in [0.29, 0.717) is 17.2 Å². The minimum atomic E-state index is 0.165. The molecular formula is C9H18BrNO. The van der Waals surface area contributed by atoms with E-state index < -0.39 is 0 Å². The van der Waals surface area contributed by atoms with Crippen LogP contribution < -0.4 is 5.32 Å². The first kappa shape index (κ1) is 11.9. The fourth-order valence-electron chi connectivity index (χ4n) is 0.853. The summed E-state index contributed by atoms with van der Waals surface area (Å²) < 4.78 is 0. The molecule has 0 heterocycles. The van der Waals surface area contributed by atoms with Crippen molar-refractivity contribution in [2.24, 2.45) is 5.92 Å². The van der Waals surface area contributed by atoms with E-state index in [4.69, 9.17) is 0 Å². The Labute approximate surface area is 83.2 Å². The van der Waals surface area contributed by atoms with Crippen molar-refractivity contribution in [3.05, 3.63) is 0 Å². The lowest BCUT2D eigenvalue weighted by molar-refractivity contribution is -0.121. The van der Waals surface area contributed by atoms with Crippen LogP contribution in [0.4, 0.5) is 0 Å². The number of hydrogen-bond acceptors (Lipinski definition) is 1. The van der Waals surface area contributed by atoms with Gasteiger partial charge in [-0.25, -0.2) is 0 Å². The molecule has 12 heavy (non-hydrogen) atoms. The van der Waals surface area contributed by atoms with Crippen LogP contribution in [0.1, 0.15) is 33.6 Å². The fraction of sp³-hybridized carbons (Fsp3) is 0.889. The number of nitrogens with one attached hydrogen (secondary N) is 1. The summed E-state index contributed by atoms with van der Waals surface area (Å²) in [6, 6.07) is 0. The Balaban J connectivity index is 3.32. The van der Waals surface area contributed by atoms with Crippen LogP contribution in [-0.2, 0) is 4.79 Å². The van der Waals surface area contributed by atoms with Crippen molar-refractivity contribution in [1.82, 2.24) is 5.32 Å². The molecule has 0 fully saturated rings. The summed E-state index contributed by atoms with van der Waals surface area (Å²) in [5.74, 6) is 0.615. The number of carbonyl (C=O) groups is 1. The maximum Gasteiger partial charge on any atom is 0.220 e. The summed E-state index contributed by atoms with van der Waals surface area (Å²) in [7, 11) is 0. The molecule has 0 bridgehead atoms. The van der Waals surface area contributed by atoms with Crippen molar-refractivity contribution in [1.29, 1.82) is 0 Å². The summed E-state index contributed by atoms with van der Waals surface area (Å²) >= 11 is 3.42. The van der Waals surface area contributed by atoms with Gasteiger partial charge in [-0.15, -0.1) is 0 Å². The first-order valence-electron chi connectivity index (χ1n) is 4.43. The van der Waals surface area contributed by atoms with Crippen LogP contribution in [0, 0.1) is 5.92 Å². The van der Waals surface area contributed by atoms with Crippen LogP contribution >= 0.6 is 15.9 Å². The number of carbonyl (C=O) groups excluding carboxylic acids is 1. The minimum absolute atomic E-state index is 0.165. The molecule has 0 radical (unpaired) electrons. The van der Waals surface area contributed by atoms with E-state index in [2.05, 4.69) is 28.2 Å². The number of halogens is 1. The van der Waals surface area contributed by atoms with Gasteiger partial charge in [0.2, 0.25) is 5.91 Å². The summed E-state index contributed by atoms with van der Waals surface area (Å²) in [4.78, 5) is 11.6. The second kappa shape index (κ2) is 6.46. The van der Waals surface area contributed by atoms with Crippen LogP contribution in [-0.4, -0.2) is 17.3 Å². The molecule has 1 unspecified atom stereocenters. The molecule has 1 atom stereocenters. The smallest absolute Gasteiger partial charge is 0.220 e. The lowest BCUT2D eigenvalue weighted by atomic mass is 10.1. The summed E-state index contributed by atoms with van der Waals surface area (Å²) in [5.41, 5.74) is 0. The predicted molar refractivity (Wildman–Crippen MR) is 55.5 cm³/mol. The van der Waals surface area contributed by atoms with Gasteiger partial charge in [0.15, 0.2) is 0 Å². The quantitative estimate of drug-likeness (QED) is 0.729. The van der Waals surface area contributed by atoms with Crippen LogP contribution in [0.5, 0.6) is 0 Å². The van der Waals surface area contributed by atoms with Crippen molar-refractivity contribution in [3.63, 3.8) is 0 Å². The molecule has 72 valence electrons. The number of amides is 1. The lowest BCUT2D eigenvalue weighted by Crippen LogP contribution is -2.26. The average Bonchev–Trinajstić information content (AvgIpc) is 1.84. The Morgan fingerprint density at radius 2 is 2.00 bits per heavy atom. The molecule has 0 saturated heterocycles. The third-order valence-corrected chi connectivity index (χ3v) is 1.92. The molecule has 3 heteroatoms. The molecule has 0 aromatic carbocycles. The van der Waals surface area contributed by atoms with Gasteiger partial charge in [0.1, 0.15) is 0 Å². The first-order chi connectivity index (χ1) is 5.52. The third kappa shape index (κ3) is 8.05. The maximum atomic E-state index is 11.1. The number of hydrogen-bond donors (Lipinski definition) is 1. The molecule has 0 saturated carbocycles. The normalized spacial score (nSPS) is 13.1. The molecule has 0 rings (SSSR count). The maximum absolute atomic E-state index is 11.1. The molecule has 1 amide bonds. The minimum Gasteiger partial charge on any atom is -0.356 e. The van der Waals surface area contributed by atoms with Gasteiger partial charge in [0.05, 0.1) is 0 Å². The van der Waals surface area contributed by atoms with Crippen molar-refractivity contribution >= 4 is 21.8 Å². The van der Waals surface area contributed by atoms with Gasteiger partial charge in [0.25, 0.3) is 0 Å². The molecule has 0 aliphatic rings. The molecule has 0 aromatic rings. The van der Waals surface area contributed by atoms with Gasteiger partial charge >= 0.3 is 0 Å². The van der Waals surface area contributed by atoms with Gasteiger partial charge < -0.3 is 5.32 Å². The molecule has 1 N–H and O–H groups in total. The molecule has 0 spiro atoms. The zero-order valence-electron chi connectivity index (χ0n) is 8.06. The van der Waals surface area contributed by atoms with E-state index in [9.17, 15) is 4.79 Å². The summed E-state index contributed by atoms with van der Waals surface area (Å²) in [5, 5.41) is 2.88. The summed E-state index contributed by atoms with van der Waals surface area (Å²) in [6.45, 7) is 6.95. The van der Waals surface area contributed by atoms with Crippen LogP contribution in [0.25, 0.3) is 0 Å². The molecular weight excluding hydrogens is 218 g/mol. The van der Waals surface area contributed by atoms with E-state index in [0.717, 1.165) is 13.0 Å². The van der Waals surface area contributed by atoms with Gasteiger partial charge in [-0.1, -0.05) is 36.7 Å². The van der Waals surface area contributed by atoms with Crippen LogP contribution in [0.15, 0.2) is 0 Å². The van der Waals surface area contributed by atoms with Gasteiger partial charge in [-0.3, -0.25) is 4.79 Å². The van der Waals surface area contributed by atoms with E-state index >= 15 is 0 Å².